The molecule has 3 nitrogen and oxygen atoms in total. The minimum atomic E-state index is -0.0761. The first-order valence-electron chi connectivity index (χ1n) is 5.79. The molecule has 0 aliphatic rings. The first-order chi connectivity index (χ1) is 8.74. The van der Waals surface area contributed by atoms with Crippen LogP contribution in [-0.4, -0.2) is 9.97 Å². The van der Waals surface area contributed by atoms with Crippen molar-refractivity contribution in [1.82, 2.24) is 9.97 Å². The maximum Gasteiger partial charge on any atom is 0.248 e. The largest absolute Gasteiger partial charge is 0.322 e. The van der Waals surface area contributed by atoms with Crippen molar-refractivity contribution in [2.75, 3.05) is 0 Å². The van der Waals surface area contributed by atoms with Gasteiger partial charge in [0.05, 0.1) is 0 Å². The van der Waals surface area contributed by atoms with Crippen LogP contribution in [0.3, 0.4) is 0 Å². The van der Waals surface area contributed by atoms with Crippen molar-refractivity contribution in [3.63, 3.8) is 0 Å². The number of hydrogen-bond acceptors (Lipinski definition) is 2. The molecule has 0 saturated heterocycles. The Morgan fingerprint density at radius 3 is 2.83 bits per heavy atom. The molecule has 0 unspecified atom stereocenters. The molecule has 1 N–H and O–H groups in total. The van der Waals surface area contributed by atoms with E-state index in [0.29, 0.717) is 0 Å². The highest BCUT2D eigenvalue weighted by molar-refractivity contribution is 5.84. The second-order valence-corrected chi connectivity index (χ2v) is 4.26. The summed E-state index contributed by atoms with van der Waals surface area (Å²) in [5.41, 5.74) is 4.01. The fraction of sp³-hybridized carbons (Fsp3) is 0.0667. The van der Waals surface area contributed by atoms with E-state index in [1.54, 1.807) is 12.3 Å². The highest BCUT2D eigenvalue weighted by atomic mass is 16.1. The molecule has 1 aromatic carbocycles. The molecule has 2 heterocycles. The van der Waals surface area contributed by atoms with Gasteiger partial charge in [-0.1, -0.05) is 12.1 Å². The van der Waals surface area contributed by atoms with Crippen LogP contribution < -0.4 is 5.56 Å². The lowest BCUT2D eigenvalue weighted by Crippen LogP contribution is -2.02. The molecule has 18 heavy (non-hydrogen) atoms. The molecule has 0 spiro atoms. The molecule has 3 rings (SSSR count). The average Bonchev–Trinajstić information content (AvgIpc) is 2.39. The van der Waals surface area contributed by atoms with E-state index < -0.39 is 0 Å². The smallest absolute Gasteiger partial charge is 0.248 e. The molecular weight excluding hydrogens is 224 g/mol. The van der Waals surface area contributed by atoms with Gasteiger partial charge in [0.2, 0.25) is 5.56 Å². The van der Waals surface area contributed by atoms with E-state index in [4.69, 9.17) is 0 Å². The Balaban J connectivity index is 2.23. The molecule has 3 aromatic rings. The van der Waals surface area contributed by atoms with Crippen molar-refractivity contribution in [3.8, 4) is 11.1 Å². The van der Waals surface area contributed by atoms with Crippen LogP contribution in [0.15, 0.2) is 53.5 Å². The van der Waals surface area contributed by atoms with E-state index in [1.807, 2.05) is 31.2 Å². The first kappa shape index (κ1) is 10.7. The Morgan fingerprint density at radius 2 is 2.00 bits per heavy atom. The van der Waals surface area contributed by atoms with Gasteiger partial charge in [0.15, 0.2) is 0 Å². The summed E-state index contributed by atoms with van der Waals surface area (Å²) < 4.78 is 0. The van der Waals surface area contributed by atoms with Crippen molar-refractivity contribution >= 4 is 10.9 Å². The molecule has 0 amide bonds. The van der Waals surface area contributed by atoms with Gasteiger partial charge in [-0.2, -0.15) is 0 Å². The quantitative estimate of drug-likeness (QED) is 0.706. The predicted molar refractivity (Wildman–Crippen MR) is 72.5 cm³/mol. The fourth-order valence-electron chi connectivity index (χ4n) is 2.11. The summed E-state index contributed by atoms with van der Waals surface area (Å²) in [6, 6.07) is 13.4. The normalized spacial score (nSPS) is 10.7. The van der Waals surface area contributed by atoms with Crippen LogP contribution in [0.5, 0.6) is 0 Å². The van der Waals surface area contributed by atoms with E-state index in [2.05, 4.69) is 22.1 Å². The number of hydrogen-bond donors (Lipinski definition) is 1. The third kappa shape index (κ3) is 1.80. The maximum absolute atomic E-state index is 11.2. The van der Waals surface area contributed by atoms with E-state index in [0.717, 1.165) is 27.7 Å². The van der Waals surface area contributed by atoms with Gasteiger partial charge >= 0.3 is 0 Å². The van der Waals surface area contributed by atoms with E-state index in [1.165, 1.54) is 0 Å². The van der Waals surface area contributed by atoms with E-state index in [-0.39, 0.29) is 5.56 Å². The molecule has 88 valence electrons. The minimum absolute atomic E-state index is 0.0761. The second-order valence-electron chi connectivity index (χ2n) is 4.26. The summed E-state index contributed by atoms with van der Waals surface area (Å²) in [4.78, 5) is 18.3. The summed E-state index contributed by atoms with van der Waals surface area (Å²) in [6.07, 6.45) is 1.79. The number of pyridine rings is 2. The predicted octanol–water partition coefficient (Wildman–Crippen LogP) is 2.90. The van der Waals surface area contributed by atoms with Gasteiger partial charge in [-0.15, -0.1) is 0 Å². The number of aromatic amines is 1. The third-order valence-corrected chi connectivity index (χ3v) is 3.04. The number of aromatic nitrogens is 2. The van der Waals surface area contributed by atoms with Crippen LogP contribution in [0.25, 0.3) is 22.0 Å². The second kappa shape index (κ2) is 4.11. The summed E-state index contributed by atoms with van der Waals surface area (Å²) in [7, 11) is 0. The first-order valence-corrected chi connectivity index (χ1v) is 5.79. The van der Waals surface area contributed by atoms with Gasteiger partial charge in [-0.25, -0.2) is 0 Å². The number of fused-ring (bicyclic) bond motifs is 1. The van der Waals surface area contributed by atoms with Crippen LogP contribution in [0.1, 0.15) is 5.69 Å². The molecule has 3 heteroatoms. The zero-order valence-corrected chi connectivity index (χ0v) is 9.97. The molecule has 0 bridgehead atoms. The van der Waals surface area contributed by atoms with E-state index >= 15 is 0 Å². The van der Waals surface area contributed by atoms with Crippen LogP contribution in [-0.2, 0) is 0 Å². The molecule has 0 aliphatic carbocycles. The zero-order chi connectivity index (χ0) is 12.5. The summed E-state index contributed by atoms with van der Waals surface area (Å²) in [5, 5.41) is 1.02. The highest BCUT2D eigenvalue weighted by Gasteiger charge is 2.03. The molecule has 0 saturated carbocycles. The lowest BCUT2D eigenvalue weighted by atomic mass is 10.0. The molecular formula is C15H12N2O. The summed E-state index contributed by atoms with van der Waals surface area (Å²) >= 11 is 0. The van der Waals surface area contributed by atoms with Gasteiger partial charge in [0, 0.05) is 29.0 Å². The minimum Gasteiger partial charge on any atom is -0.322 e. The maximum atomic E-state index is 11.2. The van der Waals surface area contributed by atoms with Crippen LogP contribution in [0.4, 0.5) is 0 Å². The number of nitrogens with one attached hydrogen (secondary N) is 1. The van der Waals surface area contributed by atoms with Crippen LogP contribution in [0, 0.1) is 6.92 Å². The number of aryl methyl sites for hydroxylation is 1. The van der Waals surface area contributed by atoms with Gasteiger partial charge in [-0.3, -0.25) is 9.78 Å². The Hall–Kier alpha value is -2.42. The van der Waals surface area contributed by atoms with Crippen molar-refractivity contribution in [2.24, 2.45) is 0 Å². The Labute approximate surface area is 104 Å². The fourth-order valence-corrected chi connectivity index (χ4v) is 2.11. The number of nitrogens with zero attached hydrogens (tertiary/aromatic N) is 1. The molecule has 0 aliphatic heterocycles. The lowest BCUT2D eigenvalue weighted by molar-refractivity contribution is 1.20. The van der Waals surface area contributed by atoms with Gasteiger partial charge in [0.25, 0.3) is 0 Å². The standard InChI is InChI=1S/C15H12N2O/c1-10-13(3-2-8-16-10)11-4-6-14-12(9-11)5-7-15(18)17-14/h2-9H,1H3,(H,17,18). The van der Waals surface area contributed by atoms with Crippen molar-refractivity contribution in [3.05, 3.63) is 64.7 Å². The molecule has 2 aromatic heterocycles. The topological polar surface area (TPSA) is 45.8 Å². The molecule has 0 radical (unpaired) electrons. The van der Waals surface area contributed by atoms with Gasteiger partial charge < -0.3 is 4.98 Å². The molecule has 0 fully saturated rings. The van der Waals surface area contributed by atoms with Crippen LogP contribution in [0.2, 0.25) is 0 Å². The number of rotatable bonds is 1. The van der Waals surface area contributed by atoms with Crippen molar-refractivity contribution in [1.29, 1.82) is 0 Å². The Kier molecular flexibility index (Phi) is 2.45. The van der Waals surface area contributed by atoms with Gasteiger partial charge in [0.1, 0.15) is 0 Å². The van der Waals surface area contributed by atoms with Crippen LogP contribution >= 0.6 is 0 Å². The average molecular weight is 236 g/mol. The zero-order valence-electron chi connectivity index (χ0n) is 9.97. The summed E-state index contributed by atoms with van der Waals surface area (Å²) in [5.74, 6) is 0. The van der Waals surface area contributed by atoms with Crippen molar-refractivity contribution < 1.29 is 0 Å². The highest BCUT2D eigenvalue weighted by Crippen LogP contribution is 2.24. The Morgan fingerprint density at radius 1 is 1.11 bits per heavy atom. The van der Waals surface area contributed by atoms with Crippen molar-refractivity contribution in [2.45, 2.75) is 6.92 Å². The summed E-state index contributed by atoms with van der Waals surface area (Å²) in [6.45, 7) is 1.99. The van der Waals surface area contributed by atoms with Gasteiger partial charge in [-0.05, 0) is 42.1 Å². The SMILES string of the molecule is Cc1ncccc1-c1ccc2[nH]c(=O)ccc2c1. The van der Waals surface area contributed by atoms with E-state index in [9.17, 15) is 4.79 Å². The molecule has 0 atom stereocenters. The lowest BCUT2D eigenvalue weighted by Gasteiger charge is -2.06. The Bertz CT molecular complexity index is 775. The number of benzene rings is 1. The number of H-pyrrole nitrogens is 1. The third-order valence-electron chi connectivity index (χ3n) is 3.04. The monoisotopic (exact) mass is 236 g/mol.